The van der Waals surface area contributed by atoms with Crippen LogP contribution in [0.25, 0.3) is 22.1 Å². The van der Waals surface area contributed by atoms with Gasteiger partial charge in [0.05, 0.1) is 25.3 Å². The molecular weight excluding hydrogens is 610 g/mol. The first-order valence-electron chi connectivity index (χ1n) is 15.7. The second-order valence-corrected chi connectivity index (χ2v) is 12.0. The quantitative estimate of drug-likeness (QED) is 0.162. The van der Waals surface area contributed by atoms with E-state index in [2.05, 4.69) is 46.8 Å². The van der Waals surface area contributed by atoms with Crippen LogP contribution in [-0.4, -0.2) is 77.6 Å². The summed E-state index contributed by atoms with van der Waals surface area (Å²) < 4.78 is 15.0. The molecule has 4 heterocycles. The second kappa shape index (κ2) is 15.0. The number of fused-ring (bicyclic) bond motifs is 2. The fraction of sp³-hybridized carbons (Fsp3) is 0.294. The van der Waals surface area contributed by atoms with Crippen molar-refractivity contribution in [3.8, 4) is 11.8 Å². The molecule has 0 bridgehead atoms. The zero-order valence-electron chi connectivity index (χ0n) is 27.9. The van der Waals surface area contributed by atoms with Crippen LogP contribution in [0.15, 0.2) is 73.1 Å². The van der Waals surface area contributed by atoms with Gasteiger partial charge in [-0.25, -0.2) is 19.9 Å². The smallest absolute Gasteiger partial charge is 0.479 e. The number of pyridine rings is 2. The van der Waals surface area contributed by atoms with E-state index in [4.69, 9.17) is 19.4 Å². The molecule has 0 aliphatic heterocycles. The summed E-state index contributed by atoms with van der Waals surface area (Å²) in [7, 11) is 0.290. The molecule has 14 heteroatoms. The minimum absolute atomic E-state index is 0.251. The number of benzene rings is 2. The van der Waals surface area contributed by atoms with E-state index in [1.165, 1.54) is 0 Å². The van der Waals surface area contributed by atoms with Crippen LogP contribution >= 0.6 is 0 Å². The lowest BCUT2D eigenvalue weighted by molar-refractivity contribution is 0.400. The molecule has 6 aromatic rings. The average molecular weight is 650 g/mol. The molecule has 0 saturated heterocycles. The van der Waals surface area contributed by atoms with Crippen molar-refractivity contribution in [3.05, 3.63) is 95.8 Å². The summed E-state index contributed by atoms with van der Waals surface area (Å²) in [6.45, 7) is 9.64. The Morgan fingerprint density at radius 1 is 0.625 bits per heavy atom. The maximum absolute atomic E-state index is 9.21. The maximum atomic E-state index is 9.21. The minimum atomic E-state index is -1.45. The highest BCUT2D eigenvalue weighted by atomic mass is 16.5. The summed E-state index contributed by atoms with van der Waals surface area (Å²) in [6.07, 6.45) is 3.41. The van der Waals surface area contributed by atoms with E-state index in [1.54, 1.807) is 50.9 Å². The summed E-state index contributed by atoms with van der Waals surface area (Å²) in [5, 5.41) is 36.8. The second-order valence-electron chi connectivity index (χ2n) is 12.0. The van der Waals surface area contributed by atoms with Crippen molar-refractivity contribution in [2.75, 3.05) is 14.2 Å². The molecule has 4 N–H and O–H groups in total. The van der Waals surface area contributed by atoms with E-state index in [9.17, 15) is 20.1 Å². The molecular formula is C34H40B2N6O6. The van der Waals surface area contributed by atoms with Gasteiger partial charge in [0.2, 0.25) is 11.8 Å². The van der Waals surface area contributed by atoms with Crippen LogP contribution in [-0.2, 0) is 13.1 Å². The highest BCUT2D eigenvalue weighted by Gasteiger charge is 2.20. The van der Waals surface area contributed by atoms with Gasteiger partial charge in [0.25, 0.3) is 0 Å². The number of methoxy groups -OCH3 is 2. The van der Waals surface area contributed by atoms with Crippen LogP contribution in [0, 0.1) is 0 Å². The van der Waals surface area contributed by atoms with Crippen molar-refractivity contribution < 1.29 is 29.6 Å². The molecule has 0 aliphatic rings. The Kier molecular flexibility index (Phi) is 10.8. The summed E-state index contributed by atoms with van der Waals surface area (Å²) in [6, 6.07) is 18.2. The van der Waals surface area contributed by atoms with Crippen LogP contribution in [0.5, 0.6) is 11.8 Å². The number of hydrogen-bond donors (Lipinski definition) is 4. The number of rotatable bonds is 10. The van der Waals surface area contributed by atoms with Gasteiger partial charge in [-0.1, -0.05) is 76.2 Å². The molecule has 48 heavy (non-hydrogen) atoms. The Labute approximate surface area is 280 Å². The van der Waals surface area contributed by atoms with Crippen molar-refractivity contribution in [1.29, 1.82) is 0 Å². The first-order chi connectivity index (χ1) is 23.0. The number of ether oxygens (including phenoxy) is 2. The molecule has 248 valence electrons. The Morgan fingerprint density at radius 3 is 1.60 bits per heavy atom. The number of hydrogen-bond acceptors (Lipinski definition) is 10. The molecule has 2 aromatic carbocycles. The highest BCUT2D eigenvalue weighted by Crippen LogP contribution is 2.29. The van der Waals surface area contributed by atoms with E-state index in [-0.39, 0.29) is 11.8 Å². The zero-order chi connectivity index (χ0) is 34.5. The van der Waals surface area contributed by atoms with E-state index >= 15 is 0 Å². The van der Waals surface area contributed by atoms with Gasteiger partial charge in [-0.15, -0.1) is 0 Å². The Hall–Kier alpha value is -4.75. The summed E-state index contributed by atoms with van der Waals surface area (Å²) in [5.41, 5.74) is 6.48. The number of aromatic nitrogens is 6. The Morgan fingerprint density at radius 2 is 1.10 bits per heavy atom. The molecule has 0 aliphatic carbocycles. The van der Waals surface area contributed by atoms with Gasteiger partial charge in [-0.05, 0) is 34.2 Å². The van der Waals surface area contributed by atoms with Gasteiger partial charge in [-0.3, -0.25) is 0 Å². The van der Waals surface area contributed by atoms with E-state index < -0.39 is 14.2 Å². The van der Waals surface area contributed by atoms with E-state index in [1.807, 2.05) is 36.4 Å². The van der Waals surface area contributed by atoms with Gasteiger partial charge < -0.3 is 38.7 Å². The van der Waals surface area contributed by atoms with Crippen LogP contribution < -0.4 is 20.4 Å². The van der Waals surface area contributed by atoms with Crippen molar-refractivity contribution in [3.63, 3.8) is 0 Å². The van der Waals surface area contributed by atoms with Crippen LogP contribution in [0.1, 0.15) is 62.3 Å². The lowest BCUT2D eigenvalue weighted by Gasteiger charge is -2.13. The maximum Gasteiger partial charge on any atom is 0.488 e. The summed E-state index contributed by atoms with van der Waals surface area (Å²) in [4.78, 5) is 18.0. The van der Waals surface area contributed by atoms with Gasteiger partial charge in [0.15, 0.2) is 5.52 Å². The van der Waals surface area contributed by atoms with Crippen molar-refractivity contribution >= 4 is 47.2 Å². The molecule has 0 spiro atoms. The van der Waals surface area contributed by atoms with Crippen LogP contribution in [0.3, 0.4) is 0 Å². The normalized spacial score (nSPS) is 11.2. The van der Waals surface area contributed by atoms with Gasteiger partial charge in [-0.2, -0.15) is 0 Å². The van der Waals surface area contributed by atoms with Crippen molar-refractivity contribution in [2.24, 2.45) is 0 Å². The standard InChI is InChI=1S/2C17H20BN3O3/c1-11(2)16-20-15-14(8-9-19-17(15)24-3)21(16)10-12-4-6-13(7-5-12)18(22)23;1-11(2)16-20-14-8-9-19-17(24-3)15(14)21(16)10-12-4-6-13(7-5-12)18(22)23/h2*4-9,11,22-23H,10H2,1-3H3. The third kappa shape index (κ3) is 7.37. The minimum Gasteiger partial charge on any atom is -0.479 e. The van der Waals surface area contributed by atoms with Crippen molar-refractivity contribution in [1.82, 2.24) is 29.1 Å². The van der Waals surface area contributed by atoms with E-state index in [0.717, 1.165) is 44.8 Å². The SMILES string of the molecule is COc1nccc2c1nc(C(C)C)n2Cc1ccc(B(O)O)cc1.COc1nccc2nc(C(C)C)n(Cc3ccc(B(O)O)cc3)c12. The lowest BCUT2D eigenvalue weighted by Crippen LogP contribution is -2.29. The zero-order valence-corrected chi connectivity index (χ0v) is 27.9. The first-order valence-corrected chi connectivity index (χ1v) is 15.7. The predicted molar refractivity (Wildman–Crippen MR) is 187 cm³/mol. The van der Waals surface area contributed by atoms with Gasteiger partial charge in [0, 0.05) is 37.3 Å². The van der Waals surface area contributed by atoms with Gasteiger partial charge in [0.1, 0.15) is 17.2 Å². The Balaban J connectivity index is 0.000000188. The molecule has 0 amide bonds. The third-order valence-electron chi connectivity index (χ3n) is 7.97. The Bertz CT molecular complexity index is 1970. The fourth-order valence-electron chi connectivity index (χ4n) is 5.58. The van der Waals surface area contributed by atoms with E-state index in [0.29, 0.717) is 35.8 Å². The number of imidazole rings is 2. The summed E-state index contributed by atoms with van der Waals surface area (Å²) in [5.74, 6) is 3.49. The fourth-order valence-corrected chi connectivity index (χ4v) is 5.58. The molecule has 0 atom stereocenters. The number of nitrogens with zero attached hydrogens (tertiary/aromatic N) is 6. The molecule has 6 rings (SSSR count). The topological polar surface area (TPSA) is 161 Å². The summed E-state index contributed by atoms with van der Waals surface area (Å²) >= 11 is 0. The van der Waals surface area contributed by atoms with Crippen LogP contribution in [0.4, 0.5) is 0 Å². The lowest BCUT2D eigenvalue weighted by atomic mass is 9.80. The largest absolute Gasteiger partial charge is 0.488 e. The monoisotopic (exact) mass is 650 g/mol. The van der Waals surface area contributed by atoms with Crippen LogP contribution in [0.2, 0.25) is 0 Å². The van der Waals surface area contributed by atoms with Gasteiger partial charge >= 0.3 is 14.2 Å². The molecule has 0 radical (unpaired) electrons. The highest BCUT2D eigenvalue weighted by molar-refractivity contribution is 6.58. The molecule has 4 aromatic heterocycles. The first kappa shape index (κ1) is 34.6. The van der Waals surface area contributed by atoms with Crippen molar-refractivity contribution in [2.45, 2.75) is 52.6 Å². The predicted octanol–water partition coefficient (Wildman–Crippen LogP) is 2.58. The molecule has 0 saturated carbocycles. The molecule has 0 unspecified atom stereocenters. The third-order valence-corrected chi connectivity index (χ3v) is 7.97. The molecule has 0 fully saturated rings. The average Bonchev–Trinajstić information content (AvgIpc) is 3.64. The molecule has 12 nitrogen and oxygen atoms in total.